The first-order chi connectivity index (χ1) is 18.6. The van der Waals surface area contributed by atoms with Crippen molar-refractivity contribution in [3.63, 3.8) is 0 Å². The van der Waals surface area contributed by atoms with Crippen LogP contribution in [0.2, 0.25) is 0 Å². The molecule has 1 aromatic rings. The van der Waals surface area contributed by atoms with Gasteiger partial charge in [-0.05, 0) is 66.5 Å². The molecule has 1 aromatic carbocycles. The minimum Gasteiger partial charge on any atom is -0.508 e. The average Bonchev–Trinajstić information content (AvgIpc) is 2.79. The molecule has 3 aliphatic rings. The molecule has 224 valence electrons. The van der Waals surface area contributed by atoms with Crippen molar-refractivity contribution < 1.29 is 34.8 Å². The predicted molar refractivity (Wildman–Crippen MR) is 158 cm³/mol. The molecule has 1 saturated carbocycles. The fraction of sp³-hybridized carbons (Fsp3) is 0.618. The number of phenolic OH excluding ortho intramolecular Hbond substituents is 1. The maximum atomic E-state index is 14.5. The number of carbonyl (C=O) groups is 3. The minimum absolute atomic E-state index is 0.0101. The van der Waals surface area contributed by atoms with E-state index in [1.165, 1.54) is 0 Å². The van der Waals surface area contributed by atoms with Crippen LogP contribution in [0.15, 0.2) is 23.0 Å². The Balaban J connectivity index is 2.05. The summed E-state index contributed by atoms with van der Waals surface area (Å²) in [5.74, 6) is -4.91. The van der Waals surface area contributed by atoms with E-state index in [2.05, 4.69) is 20.8 Å². The van der Waals surface area contributed by atoms with Gasteiger partial charge in [-0.3, -0.25) is 14.4 Å². The number of rotatable bonds is 5. The number of hydrogen-bond acceptors (Lipinski definition) is 7. The molecule has 4 N–H and O–H groups in total. The van der Waals surface area contributed by atoms with Gasteiger partial charge < -0.3 is 20.4 Å². The first-order valence-electron chi connectivity index (χ1n) is 14.7. The number of phenols is 1. The lowest BCUT2D eigenvalue weighted by Crippen LogP contribution is -2.69. The number of ketones is 3. The maximum absolute atomic E-state index is 14.5. The average molecular weight is 567 g/mol. The van der Waals surface area contributed by atoms with Gasteiger partial charge in [0, 0.05) is 22.3 Å². The fourth-order valence-corrected chi connectivity index (χ4v) is 8.09. The highest BCUT2D eigenvalue weighted by atomic mass is 16.3. The van der Waals surface area contributed by atoms with Crippen LogP contribution < -0.4 is 0 Å². The van der Waals surface area contributed by atoms with Crippen LogP contribution in [0.4, 0.5) is 0 Å². The van der Waals surface area contributed by atoms with Gasteiger partial charge in [0.05, 0.1) is 5.56 Å². The van der Waals surface area contributed by atoms with Crippen molar-refractivity contribution in [2.24, 2.45) is 28.1 Å². The molecule has 1 unspecified atom stereocenters. The van der Waals surface area contributed by atoms with Crippen LogP contribution >= 0.6 is 0 Å². The van der Waals surface area contributed by atoms with Gasteiger partial charge in [-0.1, -0.05) is 68.4 Å². The number of benzene rings is 1. The molecular formula is C34H46O7. The van der Waals surface area contributed by atoms with Crippen LogP contribution in [0, 0.1) is 28.1 Å². The molecule has 0 aromatic heterocycles. The zero-order valence-electron chi connectivity index (χ0n) is 26.2. The molecule has 1 fully saturated rings. The largest absolute Gasteiger partial charge is 0.508 e. The summed E-state index contributed by atoms with van der Waals surface area (Å²) in [5, 5.41) is 46.9. The summed E-state index contributed by atoms with van der Waals surface area (Å²) in [4.78, 5) is 40.7. The van der Waals surface area contributed by atoms with Crippen molar-refractivity contribution >= 4 is 23.1 Å². The molecule has 0 saturated heterocycles. The zero-order chi connectivity index (χ0) is 31.2. The lowest BCUT2D eigenvalue weighted by Gasteiger charge is -2.60. The van der Waals surface area contributed by atoms with Gasteiger partial charge in [0.25, 0.3) is 0 Å². The van der Waals surface area contributed by atoms with Gasteiger partial charge in [0.2, 0.25) is 5.78 Å². The Labute approximate surface area is 243 Å². The number of hydrogen-bond donors (Lipinski definition) is 4. The standard InChI is InChI=1S/C34H46O7/c1-16(2)20-13-19(11-12-31(6,7)8)26(36)23-21(20)14-32(9)15-33(10)24(17(3)4)27(37)22(18(5)35)29(39)34(33,41)30(40)25(32)28(23)38/h13,16-17,24,36,38-39,41H,11-12,14-15H2,1-10H3/t24?,32-,33-,34+/m1/s1. The summed E-state index contributed by atoms with van der Waals surface area (Å²) in [5.41, 5.74) is -3.14. The molecule has 0 heterocycles. The van der Waals surface area contributed by atoms with Gasteiger partial charge in [0.1, 0.15) is 22.8 Å². The summed E-state index contributed by atoms with van der Waals surface area (Å²) in [6.07, 6.45) is 1.75. The van der Waals surface area contributed by atoms with Gasteiger partial charge in [0.15, 0.2) is 17.2 Å². The van der Waals surface area contributed by atoms with Crippen molar-refractivity contribution in [2.45, 2.75) is 106 Å². The molecule has 0 radical (unpaired) electrons. The normalized spacial score (nSPS) is 30.1. The predicted octanol–water partition coefficient (Wildman–Crippen LogP) is 6.29. The lowest BCUT2D eigenvalue weighted by molar-refractivity contribution is -0.178. The molecule has 0 spiro atoms. The Kier molecular flexibility index (Phi) is 7.22. The minimum atomic E-state index is -2.60. The third-order valence-electron chi connectivity index (χ3n) is 9.88. The second-order valence-electron chi connectivity index (χ2n) is 15.0. The van der Waals surface area contributed by atoms with E-state index in [9.17, 15) is 34.8 Å². The maximum Gasteiger partial charge on any atom is 0.203 e. The van der Waals surface area contributed by atoms with E-state index < -0.39 is 56.8 Å². The van der Waals surface area contributed by atoms with Crippen LogP contribution in [-0.2, 0) is 27.2 Å². The SMILES string of the molecule is CC(=O)C1=C(O)[C@]2(O)C(=O)C3=C(O)c4c(O)c(CCC(C)(C)C)cc(C(C)C)c4C[C@]3(C)C[C@]2(C)C(C(C)C)C1=O. The quantitative estimate of drug-likeness (QED) is 0.308. The van der Waals surface area contributed by atoms with Gasteiger partial charge in [-0.15, -0.1) is 0 Å². The highest BCUT2D eigenvalue weighted by Gasteiger charge is 2.72. The van der Waals surface area contributed by atoms with Gasteiger partial charge in [-0.2, -0.15) is 0 Å². The van der Waals surface area contributed by atoms with Crippen molar-refractivity contribution in [2.75, 3.05) is 0 Å². The molecule has 0 aliphatic heterocycles. The van der Waals surface area contributed by atoms with Crippen molar-refractivity contribution in [1.29, 1.82) is 0 Å². The number of Topliss-reactive ketones (excluding diaryl/α,β-unsaturated/α-hetero) is 3. The molecule has 4 rings (SSSR count). The van der Waals surface area contributed by atoms with Gasteiger partial charge >= 0.3 is 0 Å². The van der Waals surface area contributed by atoms with Crippen LogP contribution in [0.5, 0.6) is 5.75 Å². The molecule has 7 heteroatoms. The monoisotopic (exact) mass is 566 g/mol. The van der Waals surface area contributed by atoms with E-state index in [0.29, 0.717) is 18.4 Å². The highest BCUT2D eigenvalue weighted by Crippen LogP contribution is 2.65. The molecule has 3 aliphatic carbocycles. The smallest absolute Gasteiger partial charge is 0.203 e. The number of aryl methyl sites for hydroxylation is 1. The molecule has 41 heavy (non-hydrogen) atoms. The Bertz CT molecular complexity index is 1420. The molecular weight excluding hydrogens is 520 g/mol. The van der Waals surface area contributed by atoms with Crippen molar-refractivity contribution in [3.05, 3.63) is 45.2 Å². The van der Waals surface area contributed by atoms with Crippen LogP contribution in [-0.4, -0.2) is 43.4 Å². The number of allylic oxidation sites excluding steroid dienone is 1. The zero-order valence-corrected chi connectivity index (χ0v) is 26.2. The first-order valence-corrected chi connectivity index (χ1v) is 14.7. The van der Waals surface area contributed by atoms with Gasteiger partial charge in [-0.25, -0.2) is 0 Å². The molecule has 7 nitrogen and oxygen atoms in total. The topological polar surface area (TPSA) is 132 Å². The third kappa shape index (κ3) is 4.29. The van der Waals surface area contributed by atoms with E-state index in [-0.39, 0.29) is 40.6 Å². The van der Waals surface area contributed by atoms with Crippen LogP contribution in [0.3, 0.4) is 0 Å². The summed E-state index contributed by atoms with van der Waals surface area (Å²) < 4.78 is 0. The summed E-state index contributed by atoms with van der Waals surface area (Å²) in [6.45, 7) is 18.6. The third-order valence-corrected chi connectivity index (χ3v) is 9.88. The van der Waals surface area contributed by atoms with Crippen molar-refractivity contribution in [1.82, 2.24) is 0 Å². The van der Waals surface area contributed by atoms with Crippen LogP contribution in [0.1, 0.15) is 110 Å². The summed E-state index contributed by atoms with van der Waals surface area (Å²) in [7, 11) is 0. The number of aliphatic hydroxyl groups is 3. The van der Waals surface area contributed by atoms with Crippen LogP contribution in [0.25, 0.3) is 5.76 Å². The van der Waals surface area contributed by atoms with E-state index >= 15 is 0 Å². The Morgan fingerprint density at radius 2 is 1.66 bits per heavy atom. The first kappa shape index (κ1) is 31.0. The second kappa shape index (κ2) is 9.55. The van der Waals surface area contributed by atoms with E-state index in [0.717, 1.165) is 24.5 Å². The van der Waals surface area contributed by atoms with E-state index in [1.807, 2.05) is 26.8 Å². The molecule has 0 bridgehead atoms. The molecule has 0 amide bonds. The summed E-state index contributed by atoms with van der Waals surface area (Å²) in [6, 6.07) is 2.00. The Hall–Kier alpha value is -2.93. The highest BCUT2D eigenvalue weighted by molar-refractivity contribution is 6.24. The Morgan fingerprint density at radius 3 is 2.15 bits per heavy atom. The Morgan fingerprint density at radius 1 is 1.07 bits per heavy atom. The summed E-state index contributed by atoms with van der Waals surface area (Å²) >= 11 is 0. The number of fused-ring (bicyclic) bond motifs is 3. The van der Waals surface area contributed by atoms with E-state index in [1.54, 1.807) is 20.8 Å². The number of carbonyl (C=O) groups excluding carboxylic acids is 3. The van der Waals surface area contributed by atoms with Crippen molar-refractivity contribution in [3.8, 4) is 5.75 Å². The lowest BCUT2D eigenvalue weighted by atomic mass is 9.43. The van der Waals surface area contributed by atoms with E-state index in [4.69, 9.17) is 0 Å². The number of aromatic hydroxyl groups is 1. The second-order valence-corrected chi connectivity index (χ2v) is 15.0. The number of aliphatic hydroxyl groups excluding tert-OH is 2. The molecule has 4 atom stereocenters. The fourth-order valence-electron chi connectivity index (χ4n) is 8.09.